The number of aliphatic hydroxyl groups is 1. The van der Waals surface area contributed by atoms with E-state index in [4.69, 9.17) is 10.2 Å². The largest absolute Gasteiger partial charge is 0.481 e. The van der Waals surface area contributed by atoms with E-state index in [1.807, 2.05) is 6.08 Å². The molecule has 0 radical (unpaired) electrons. The summed E-state index contributed by atoms with van der Waals surface area (Å²) in [6.45, 7) is 0.361. The van der Waals surface area contributed by atoms with Crippen LogP contribution in [-0.4, -0.2) is 22.8 Å². The lowest BCUT2D eigenvalue weighted by Gasteiger charge is -2.04. The topological polar surface area (TPSA) is 57.5 Å². The zero-order chi connectivity index (χ0) is 22.7. The standard InChI is InChI=1S/C28H54O3/c29-27-25-23-21-19-17-15-13-11-9-7-5-3-1-2-4-6-8-10-12-14-16-18-20-22-24-26-28(30)31/h22,24,29H,1-21,23,25-27H2,(H,30,31)/b24-22+. The van der Waals surface area contributed by atoms with Crippen molar-refractivity contribution >= 4 is 5.97 Å². The zero-order valence-electron chi connectivity index (χ0n) is 20.6. The lowest BCUT2D eigenvalue weighted by Crippen LogP contribution is -1.89. The van der Waals surface area contributed by atoms with Crippen molar-refractivity contribution in [3.63, 3.8) is 0 Å². The van der Waals surface area contributed by atoms with Crippen molar-refractivity contribution in [3.05, 3.63) is 12.2 Å². The minimum atomic E-state index is -0.740. The molecule has 0 saturated carbocycles. The highest BCUT2D eigenvalue weighted by Gasteiger charge is 1.96. The molecule has 0 unspecified atom stereocenters. The van der Waals surface area contributed by atoms with E-state index in [-0.39, 0.29) is 6.42 Å². The minimum absolute atomic E-state index is 0.161. The Morgan fingerprint density at radius 1 is 0.452 bits per heavy atom. The maximum absolute atomic E-state index is 10.4. The first-order valence-corrected chi connectivity index (χ1v) is 13.7. The fraction of sp³-hybridized carbons (Fsp3) is 0.893. The summed E-state index contributed by atoms with van der Waals surface area (Å²) in [5, 5.41) is 17.3. The second-order valence-electron chi connectivity index (χ2n) is 9.36. The molecule has 0 aromatic heterocycles. The van der Waals surface area contributed by atoms with Gasteiger partial charge in [0.2, 0.25) is 0 Å². The highest BCUT2D eigenvalue weighted by atomic mass is 16.4. The van der Waals surface area contributed by atoms with Gasteiger partial charge in [-0.25, -0.2) is 0 Å². The van der Waals surface area contributed by atoms with Crippen LogP contribution in [0, 0.1) is 0 Å². The number of unbranched alkanes of at least 4 members (excludes halogenated alkanes) is 22. The van der Waals surface area contributed by atoms with Crippen molar-refractivity contribution in [2.24, 2.45) is 0 Å². The molecule has 31 heavy (non-hydrogen) atoms. The van der Waals surface area contributed by atoms with Gasteiger partial charge in [-0.1, -0.05) is 141 Å². The Morgan fingerprint density at radius 3 is 1.03 bits per heavy atom. The highest BCUT2D eigenvalue weighted by molar-refractivity contribution is 5.68. The molecule has 0 fully saturated rings. The third kappa shape index (κ3) is 29.2. The molecule has 0 atom stereocenters. The van der Waals surface area contributed by atoms with Crippen LogP contribution in [0.5, 0.6) is 0 Å². The van der Waals surface area contributed by atoms with Crippen molar-refractivity contribution in [1.29, 1.82) is 0 Å². The first kappa shape index (κ1) is 30.2. The second kappa shape index (κ2) is 27.2. The Bertz CT molecular complexity index is 378. The van der Waals surface area contributed by atoms with Crippen LogP contribution in [0.25, 0.3) is 0 Å². The van der Waals surface area contributed by atoms with Crippen LogP contribution in [0.2, 0.25) is 0 Å². The number of hydrogen-bond acceptors (Lipinski definition) is 2. The first-order chi connectivity index (χ1) is 15.3. The molecule has 0 bridgehead atoms. The van der Waals surface area contributed by atoms with Gasteiger partial charge < -0.3 is 10.2 Å². The molecule has 0 amide bonds. The number of aliphatic hydroxyl groups excluding tert-OH is 1. The monoisotopic (exact) mass is 438 g/mol. The average molecular weight is 439 g/mol. The summed E-state index contributed by atoms with van der Waals surface area (Å²) >= 11 is 0. The van der Waals surface area contributed by atoms with E-state index in [1.165, 1.54) is 135 Å². The number of hydrogen-bond donors (Lipinski definition) is 2. The molecule has 0 aliphatic carbocycles. The molecule has 0 rings (SSSR count). The van der Waals surface area contributed by atoms with Gasteiger partial charge in [0.05, 0.1) is 6.42 Å². The molecule has 0 aliphatic rings. The molecule has 2 N–H and O–H groups in total. The number of aliphatic carboxylic acids is 1. The van der Waals surface area contributed by atoms with E-state index in [9.17, 15) is 4.79 Å². The number of rotatable bonds is 26. The maximum atomic E-state index is 10.4. The summed E-state index contributed by atoms with van der Waals surface area (Å²) < 4.78 is 0. The molecule has 3 heteroatoms. The normalized spacial score (nSPS) is 11.5. The van der Waals surface area contributed by atoms with Crippen LogP contribution in [0.15, 0.2) is 12.2 Å². The number of carboxylic acid groups (broad SMARTS) is 1. The molecule has 0 saturated heterocycles. The van der Waals surface area contributed by atoms with Crippen molar-refractivity contribution in [1.82, 2.24) is 0 Å². The summed E-state index contributed by atoms with van der Waals surface area (Å²) in [4.78, 5) is 10.4. The maximum Gasteiger partial charge on any atom is 0.307 e. The summed E-state index contributed by atoms with van der Waals surface area (Å²) in [6, 6.07) is 0. The molecule has 0 aliphatic heterocycles. The van der Waals surface area contributed by atoms with E-state index in [0.717, 1.165) is 12.8 Å². The van der Waals surface area contributed by atoms with Crippen LogP contribution >= 0.6 is 0 Å². The molecule has 0 aromatic carbocycles. The average Bonchev–Trinajstić information content (AvgIpc) is 2.76. The van der Waals surface area contributed by atoms with Crippen molar-refractivity contribution in [2.45, 2.75) is 154 Å². The molecule has 3 nitrogen and oxygen atoms in total. The first-order valence-electron chi connectivity index (χ1n) is 13.7. The molecule has 184 valence electrons. The van der Waals surface area contributed by atoms with E-state index >= 15 is 0 Å². The predicted octanol–water partition coefficient (Wildman–Crippen LogP) is 8.98. The van der Waals surface area contributed by atoms with Gasteiger partial charge in [-0.3, -0.25) is 4.79 Å². The van der Waals surface area contributed by atoms with E-state index < -0.39 is 5.97 Å². The Balaban J connectivity index is 3.03. The van der Waals surface area contributed by atoms with Gasteiger partial charge in [0, 0.05) is 6.61 Å². The number of carboxylic acids is 1. The Labute approximate surface area is 194 Å². The van der Waals surface area contributed by atoms with Crippen LogP contribution in [-0.2, 0) is 4.79 Å². The Morgan fingerprint density at radius 2 is 0.742 bits per heavy atom. The quantitative estimate of drug-likeness (QED) is 0.105. The lowest BCUT2D eigenvalue weighted by atomic mass is 10.0. The molecule has 0 aromatic rings. The SMILES string of the molecule is O=C(O)C/C=C/CCCCCCCCCCCCCCCCCCCCCCCCO. The van der Waals surface area contributed by atoms with E-state index in [0.29, 0.717) is 6.61 Å². The van der Waals surface area contributed by atoms with Crippen LogP contribution in [0.1, 0.15) is 154 Å². The molecular weight excluding hydrogens is 384 g/mol. The van der Waals surface area contributed by atoms with Gasteiger partial charge in [0.25, 0.3) is 0 Å². The number of carbonyl (C=O) groups is 1. The minimum Gasteiger partial charge on any atom is -0.481 e. The summed E-state index contributed by atoms with van der Waals surface area (Å²) in [5.41, 5.74) is 0. The fourth-order valence-corrected chi connectivity index (χ4v) is 4.21. The molecule has 0 spiro atoms. The molecular formula is C28H54O3. The van der Waals surface area contributed by atoms with E-state index in [1.54, 1.807) is 6.08 Å². The summed E-state index contributed by atoms with van der Waals surface area (Å²) in [7, 11) is 0. The summed E-state index contributed by atoms with van der Waals surface area (Å²) in [6.07, 6.45) is 34.9. The molecule has 0 heterocycles. The van der Waals surface area contributed by atoms with Crippen LogP contribution < -0.4 is 0 Å². The fourth-order valence-electron chi connectivity index (χ4n) is 4.21. The van der Waals surface area contributed by atoms with Crippen molar-refractivity contribution in [3.8, 4) is 0 Å². The van der Waals surface area contributed by atoms with Gasteiger partial charge in [0.15, 0.2) is 0 Å². The van der Waals surface area contributed by atoms with Gasteiger partial charge >= 0.3 is 5.97 Å². The van der Waals surface area contributed by atoms with Crippen molar-refractivity contribution < 1.29 is 15.0 Å². The lowest BCUT2D eigenvalue weighted by molar-refractivity contribution is -0.136. The Hall–Kier alpha value is -0.830. The van der Waals surface area contributed by atoms with E-state index in [2.05, 4.69) is 0 Å². The predicted molar refractivity (Wildman–Crippen MR) is 135 cm³/mol. The Kier molecular flexibility index (Phi) is 26.5. The smallest absolute Gasteiger partial charge is 0.307 e. The van der Waals surface area contributed by atoms with Gasteiger partial charge in [-0.2, -0.15) is 0 Å². The highest BCUT2D eigenvalue weighted by Crippen LogP contribution is 2.15. The van der Waals surface area contributed by atoms with Crippen LogP contribution in [0.4, 0.5) is 0 Å². The van der Waals surface area contributed by atoms with Gasteiger partial charge in [-0.15, -0.1) is 0 Å². The van der Waals surface area contributed by atoms with Crippen molar-refractivity contribution in [2.75, 3.05) is 6.61 Å². The third-order valence-electron chi connectivity index (χ3n) is 6.24. The van der Waals surface area contributed by atoms with Gasteiger partial charge in [-0.05, 0) is 19.3 Å². The summed E-state index contributed by atoms with van der Waals surface area (Å²) in [5.74, 6) is -0.740. The second-order valence-corrected chi connectivity index (χ2v) is 9.36. The zero-order valence-corrected chi connectivity index (χ0v) is 20.6. The third-order valence-corrected chi connectivity index (χ3v) is 6.24. The van der Waals surface area contributed by atoms with Gasteiger partial charge in [0.1, 0.15) is 0 Å². The van der Waals surface area contributed by atoms with Crippen LogP contribution in [0.3, 0.4) is 0 Å². The number of allylic oxidation sites excluding steroid dienone is 1.